The van der Waals surface area contributed by atoms with Gasteiger partial charge in [-0.15, -0.1) is 23.4 Å². The number of thioether (sulfide) groups is 1. The summed E-state index contributed by atoms with van der Waals surface area (Å²) in [6.07, 6.45) is 4.69. The summed E-state index contributed by atoms with van der Waals surface area (Å²) in [5.74, 6) is 0.852. The molecule has 26 heavy (non-hydrogen) atoms. The first kappa shape index (κ1) is 18.7. The van der Waals surface area contributed by atoms with Crippen LogP contribution in [0.2, 0.25) is 0 Å². The first-order valence-electron chi connectivity index (χ1n) is 8.35. The van der Waals surface area contributed by atoms with Gasteiger partial charge >= 0.3 is 0 Å². The third-order valence-corrected chi connectivity index (χ3v) is 5.72. The van der Waals surface area contributed by atoms with Gasteiger partial charge in [-0.2, -0.15) is 0 Å². The predicted octanol–water partition coefficient (Wildman–Crippen LogP) is 6.30. The molecule has 0 radical (unpaired) electrons. The van der Waals surface area contributed by atoms with Crippen LogP contribution >= 0.6 is 27.7 Å². The van der Waals surface area contributed by atoms with Crippen molar-refractivity contribution in [2.75, 3.05) is 0 Å². The molecule has 3 aromatic rings. The molecule has 1 atom stereocenters. The Kier molecular flexibility index (Phi) is 6.47. The molecule has 0 fully saturated rings. The largest absolute Gasteiger partial charge is 0.298 e. The molecular formula is C21H20BrN3S. The molecule has 5 heteroatoms. The van der Waals surface area contributed by atoms with Crippen molar-refractivity contribution in [2.45, 2.75) is 23.4 Å². The van der Waals surface area contributed by atoms with E-state index in [0.29, 0.717) is 6.54 Å². The minimum atomic E-state index is 0.249. The maximum atomic E-state index is 4.46. The van der Waals surface area contributed by atoms with Crippen molar-refractivity contribution in [3.63, 3.8) is 0 Å². The lowest BCUT2D eigenvalue weighted by molar-refractivity contribution is 0.727. The molecule has 132 valence electrons. The van der Waals surface area contributed by atoms with Crippen molar-refractivity contribution in [2.24, 2.45) is 0 Å². The molecule has 3 rings (SSSR count). The lowest BCUT2D eigenvalue weighted by Gasteiger charge is -2.15. The van der Waals surface area contributed by atoms with Gasteiger partial charge in [-0.25, -0.2) is 0 Å². The second kappa shape index (κ2) is 9.01. The Morgan fingerprint density at radius 3 is 2.38 bits per heavy atom. The molecule has 0 aliphatic rings. The number of hydrogen-bond donors (Lipinski definition) is 0. The summed E-state index contributed by atoms with van der Waals surface area (Å²) >= 11 is 5.19. The number of rotatable bonds is 8. The molecule has 0 aliphatic carbocycles. The number of benzene rings is 2. The van der Waals surface area contributed by atoms with Crippen molar-refractivity contribution in [3.05, 3.63) is 89.9 Å². The minimum absolute atomic E-state index is 0.249. The highest BCUT2D eigenvalue weighted by atomic mass is 79.9. The van der Waals surface area contributed by atoms with Crippen LogP contribution in [-0.4, -0.2) is 14.8 Å². The molecule has 3 nitrogen and oxygen atoms in total. The van der Waals surface area contributed by atoms with Crippen LogP contribution in [0.4, 0.5) is 0 Å². The molecule has 0 amide bonds. The molecule has 1 unspecified atom stereocenters. The van der Waals surface area contributed by atoms with Crippen LogP contribution in [0.15, 0.2) is 89.5 Å². The van der Waals surface area contributed by atoms with Gasteiger partial charge in [0.2, 0.25) is 0 Å². The molecule has 1 aromatic heterocycles. The summed E-state index contributed by atoms with van der Waals surface area (Å²) in [7, 11) is 0. The molecule has 0 saturated heterocycles. The van der Waals surface area contributed by atoms with Gasteiger partial charge in [-0.05, 0) is 24.1 Å². The van der Waals surface area contributed by atoms with Gasteiger partial charge in [0.1, 0.15) is 0 Å². The average molecular weight is 426 g/mol. The fraction of sp³-hybridized carbons (Fsp3) is 0.143. The van der Waals surface area contributed by atoms with Crippen LogP contribution in [0.25, 0.3) is 11.4 Å². The van der Waals surface area contributed by atoms with E-state index < -0.39 is 0 Å². The topological polar surface area (TPSA) is 30.7 Å². The Labute approximate surface area is 167 Å². The quantitative estimate of drug-likeness (QED) is 0.313. The highest BCUT2D eigenvalue weighted by molar-refractivity contribution is 9.10. The fourth-order valence-electron chi connectivity index (χ4n) is 2.68. The first-order chi connectivity index (χ1) is 12.7. The van der Waals surface area contributed by atoms with Crippen LogP contribution in [-0.2, 0) is 6.54 Å². The smallest absolute Gasteiger partial charge is 0.192 e. The molecular weight excluding hydrogens is 406 g/mol. The summed E-state index contributed by atoms with van der Waals surface area (Å²) in [5.41, 5.74) is 2.30. The molecule has 0 bridgehead atoms. The number of aromatic nitrogens is 3. The highest BCUT2D eigenvalue weighted by Crippen LogP contribution is 2.38. The van der Waals surface area contributed by atoms with Crippen molar-refractivity contribution >= 4 is 27.7 Å². The summed E-state index contributed by atoms with van der Waals surface area (Å²) in [5, 5.41) is 10.0. The molecule has 2 aromatic carbocycles. The highest BCUT2D eigenvalue weighted by Gasteiger charge is 2.19. The van der Waals surface area contributed by atoms with Gasteiger partial charge in [0, 0.05) is 21.8 Å². The summed E-state index contributed by atoms with van der Waals surface area (Å²) in [6.45, 7) is 8.46. The summed E-state index contributed by atoms with van der Waals surface area (Å²) < 4.78 is 3.15. The number of allylic oxidation sites excluding steroid dienone is 2. The second-order valence-corrected chi connectivity index (χ2v) is 7.84. The van der Waals surface area contributed by atoms with E-state index in [1.165, 1.54) is 5.56 Å². The fourth-order valence-corrected chi connectivity index (χ4v) is 4.10. The van der Waals surface area contributed by atoms with Crippen molar-refractivity contribution in [3.8, 4) is 11.4 Å². The lowest BCUT2D eigenvalue weighted by Crippen LogP contribution is -2.02. The van der Waals surface area contributed by atoms with Crippen molar-refractivity contribution < 1.29 is 0 Å². The maximum Gasteiger partial charge on any atom is 0.192 e. The molecule has 0 spiro atoms. The van der Waals surface area contributed by atoms with Gasteiger partial charge in [0.05, 0.1) is 0 Å². The minimum Gasteiger partial charge on any atom is -0.298 e. The Bertz CT molecular complexity index is 872. The molecule has 0 N–H and O–H groups in total. The Hall–Kier alpha value is -2.11. The van der Waals surface area contributed by atoms with E-state index in [-0.39, 0.29) is 5.25 Å². The van der Waals surface area contributed by atoms with Crippen LogP contribution in [0.1, 0.15) is 17.2 Å². The summed E-state index contributed by atoms with van der Waals surface area (Å²) in [4.78, 5) is 0. The average Bonchev–Trinajstić information content (AvgIpc) is 3.06. The van der Waals surface area contributed by atoms with E-state index in [1.54, 1.807) is 11.8 Å². The Balaban J connectivity index is 1.95. The third-order valence-electron chi connectivity index (χ3n) is 3.93. The van der Waals surface area contributed by atoms with E-state index >= 15 is 0 Å². The molecule has 0 aliphatic heterocycles. The molecule has 0 saturated carbocycles. The number of hydrogen-bond acceptors (Lipinski definition) is 3. The zero-order valence-corrected chi connectivity index (χ0v) is 16.8. The normalized spacial score (nSPS) is 11.9. The van der Waals surface area contributed by atoms with Crippen molar-refractivity contribution in [1.29, 1.82) is 0 Å². The van der Waals surface area contributed by atoms with E-state index in [0.717, 1.165) is 27.4 Å². The predicted molar refractivity (Wildman–Crippen MR) is 113 cm³/mol. The summed E-state index contributed by atoms with van der Waals surface area (Å²) in [6, 6.07) is 18.6. The van der Waals surface area contributed by atoms with Gasteiger partial charge < -0.3 is 0 Å². The maximum absolute atomic E-state index is 4.46. The van der Waals surface area contributed by atoms with E-state index in [1.807, 2.05) is 42.5 Å². The monoisotopic (exact) mass is 425 g/mol. The van der Waals surface area contributed by atoms with Gasteiger partial charge in [-0.3, -0.25) is 4.57 Å². The zero-order valence-electron chi connectivity index (χ0n) is 14.4. The zero-order chi connectivity index (χ0) is 18.4. The number of nitrogens with zero attached hydrogens (tertiary/aromatic N) is 3. The van der Waals surface area contributed by atoms with Crippen LogP contribution in [0.3, 0.4) is 0 Å². The molecule has 1 heterocycles. The Morgan fingerprint density at radius 1 is 1.00 bits per heavy atom. The SMILES string of the molecule is C=CCC(Sc1nnc(-c2ccc(Br)cc2)n1CC=C)c1ccccc1. The van der Waals surface area contributed by atoms with Gasteiger partial charge in [0.15, 0.2) is 11.0 Å². The standard InChI is InChI=1S/C21H20BrN3S/c1-3-8-19(16-9-6-5-7-10-16)26-21-24-23-20(25(21)15-4-2)17-11-13-18(22)14-12-17/h3-7,9-14,19H,1-2,8,15H2. The Morgan fingerprint density at radius 2 is 1.73 bits per heavy atom. The van der Waals surface area contributed by atoms with E-state index in [4.69, 9.17) is 0 Å². The first-order valence-corrected chi connectivity index (χ1v) is 10.0. The number of halogens is 1. The van der Waals surface area contributed by atoms with Crippen LogP contribution in [0.5, 0.6) is 0 Å². The third kappa shape index (κ3) is 4.34. The van der Waals surface area contributed by atoms with Crippen LogP contribution in [0, 0.1) is 0 Å². The lowest BCUT2D eigenvalue weighted by atomic mass is 10.1. The van der Waals surface area contributed by atoms with E-state index in [9.17, 15) is 0 Å². The van der Waals surface area contributed by atoms with Crippen molar-refractivity contribution in [1.82, 2.24) is 14.8 Å². The van der Waals surface area contributed by atoms with Gasteiger partial charge in [-0.1, -0.05) is 82.3 Å². The van der Waals surface area contributed by atoms with Gasteiger partial charge in [0.25, 0.3) is 0 Å². The van der Waals surface area contributed by atoms with E-state index in [2.05, 4.69) is 68.1 Å². The second-order valence-electron chi connectivity index (χ2n) is 5.75. The van der Waals surface area contributed by atoms with Crippen LogP contribution < -0.4 is 0 Å².